The van der Waals surface area contributed by atoms with Crippen LogP contribution in [0.5, 0.6) is 0 Å². The van der Waals surface area contributed by atoms with Gasteiger partial charge in [0.05, 0.1) is 11.0 Å². The van der Waals surface area contributed by atoms with Gasteiger partial charge in [-0.25, -0.2) is 0 Å². The molecule has 0 aliphatic heterocycles. The van der Waals surface area contributed by atoms with Gasteiger partial charge in [0.1, 0.15) is 0 Å². The number of rotatable bonds is 1. The SMILES string of the molecule is CCc1nc2cc[nH]c2cc1C. The molecule has 2 heterocycles. The molecule has 2 heteroatoms. The molecule has 0 saturated carbocycles. The highest BCUT2D eigenvalue weighted by atomic mass is 14.8. The van der Waals surface area contributed by atoms with E-state index in [1.807, 2.05) is 12.3 Å². The first-order chi connectivity index (χ1) is 5.81. The van der Waals surface area contributed by atoms with Crippen LogP contribution in [0.1, 0.15) is 18.2 Å². The Kier molecular flexibility index (Phi) is 1.61. The first-order valence-electron chi connectivity index (χ1n) is 4.25. The Balaban J connectivity index is 2.73. The number of nitrogens with zero attached hydrogens (tertiary/aromatic N) is 1. The van der Waals surface area contributed by atoms with E-state index in [2.05, 4.69) is 29.9 Å². The van der Waals surface area contributed by atoms with E-state index in [1.165, 1.54) is 11.3 Å². The normalized spacial score (nSPS) is 10.8. The van der Waals surface area contributed by atoms with E-state index >= 15 is 0 Å². The lowest BCUT2D eigenvalue weighted by atomic mass is 10.1. The number of hydrogen-bond acceptors (Lipinski definition) is 1. The molecule has 2 aromatic heterocycles. The van der Waals surface area contributed by atoms with E-state index in [4.69, 9.17) is 0 Å². The fraction of sp³-hybridized carbons (Fsp3) is 0.300. The van der Waals surface area contributed by atoms with Crippen LogP contribution >= 0.6 is 0 Å². The van der Waals surface area contributed by atoms with Crippen LogP contribution in [0.2, 0.25) is 0 Å². The predicted octanol–water partition coefficient (Wildman–Crippen LogP) is 2.43. The smallest absolute Gasteiger partial charge is 0.0882 e. The highest BCUT2D eigenvalue weighted by molar-refractivity contribution is 5.75. The quantitative estimate of drug-likeness (QED) is 0.682. The van der Waals surface area contributed by atoms with Crippen molar-refractivity contribution in [2.24, 2.45) is 0 Å². The molecule has 0 amide bonds. The summed E-state index contributed by atoms with van der Waals surface area (Å²) in [6.07, 6.45) is 2.93. The molecule has 0 saturated heterocycles. The first kappa shape index (κ1) is 7.35. The highest BCUT2D eigenvalue weighted by Gasteiger charge is 2.00. The average molecular weight is 160 g/mol. The molecule has 2 aromatic rings. The fourth-order valence-electron chi connectivity index (χ4n) is 1.48. The van der Waals surface area contributed by atoms with Gasteiger partial charge in [-0.2, -0.15) is 0 Å². The Bertz CT molecular complexity index is 401. The van der Waals surface area contributed by atoms with E-state index in [9.17, 15) is 0 Å². The van der Waals surface area contributed by atoms with Crippen LogP contribution in [0.3, 0.4) is 0 Å². The van der Waals surface area contributed by atoms with Crippen molar-refractivity contribution in [1.82, 2.24) is 9.97 Å². The highest BCUT2D eigenvalue weighted by Crippen LogP contribution is 2.14. The maximum atomic E-state index is 4.52. The Morgan fingerprint density at radius 3 is 3.08 bits per heavy atom. The zero-order valence-electron chi connectivity index (χ0n) is 7.39. The van der Waals surface area contributed by atoms with Gasteiger partial charge in [-0.05, 0) is 31.0 Å². The van der Waals surface area contributed by atoms with Gasteiger partial charge >= 0.3 is 0 Å². The molecule has 0 unspecified atom stereocenters. The number of fused-ring (bicyclic) bond motifs is 1. The van der Waals surface area contributed by atoms with E-state index in [1.54, 1.807) is 0 Å². The van der Waals surface area contributed by atoms with E-state index < -0.39 is 0 Å². The van der Waals surface area contributed by atoms with Crippen LogP contribution in [0, 0.1) is 6.92 Å². The van der Waals surface area contributed by atoms with E-state index in [0.29, 0.717) is 0 Å². The molecule has 0 aliphatic carbocycles. The second-order valence-electron chi connectivity index (χ2n) is 3.02. The molecule has 0 radical (unpaired) electrons. The molecule has 0 fully saturated rings. The molecule has 12 heavy (non-hydrogen) atoms. The predicted molar refractivity (Wildman–Crippen MR) is 50.2 cm³/mol. The number of aromatic amines is 1. The largest absolute Gasteiger partial charge is 0.360 e. The molecule has 62 valence electrons. The summed E-state index contributed by atoms with van der Waals surface area (Å²) in [6, 6.07) is 4.16. The number of aryl methyl sites for hydroxylation is 2. The summed E-state index contributed by atoms with van der Waals surface area (Å²) in [5.41, 5.74) is 4.66. The van der Waals surface area contributed by atoms with Crippen molar-refractivity contribution in [3.8, 4) is 0 Å². The number of pyridine rings is 1. The van der Waals surface area contributed by atoms with Crippen LogP contribution in [0.15, 0.2) is 18.3 Å². The average Bonchev–Trinajstić information content (AvgIpc) is 2.49. The summed E-state index contributed by atoms with van der Waals surface area (Å²) in [5, 5.41) is 0. The van der Waals surface area contributed by atoms with E-state index in [0.717, 1.165) is 17.5 Å². The van der Waals surface area contributed by atoms with Crippen molar-refractivity contribution in [1.29, 1.82) is 0 Å². The molecular formula is C10H12N2. The third kappa shape index (κ3) is 0.998. The molecule has 0 bridgehead atoms. The van der Waals surface area contributed by atoms with Gasteiger partial charge in [0.25, 0.3) is 0 Å². The van der Waals surface area contributed by atoms with Gasteiger partial charge in [0.15, 0.2) is 0 Å². The number of aromatic nitrogens is 2. The van der Waals surface area contributed by atoms with Gasteiger partial charge in [-0.3, -0.25) is 4.98 Å². The molecule has 0 atom stereocenters. The molecule has 0 spiro atoms. The monoisotopic (exact) mass is 160 g/mol. The Hall–Kier alpha value is -1.31. The van der Waals surface area contributed by atoms with Gasteiger partial charge in [0, 0.05) is 11.9 Å². The minimum absolute atomic E-state index is 1.01. The van der Waals surface area contributed by atoms with Crippen LogP contribution in [0.25, 0.3) is 11.0 Å². The van der Waals surface area contributed by atoms with Crippen molar-refractivity contribution in [2.45, 2.75) is 20.3 Å². The lowest BCUT2D eigenvalue weighted by Gasteiger charge is -2.00. The third-order valence-electron chi connectivity index (χ3n) is 2.16. The zero-order valence-corrected chi connectivity index (χ0v) is 7.39. The van der Waals surface area contributed by atoms with E-state index in [-0.39, 0.29) is 0 Å². The number of hydrogen-bond donors (Lipinski definition) is 1. The van der Waals surface area contributed by atoms with Crippen molar-refractivity contribution in [2.75, 3.05) is 0 Å². The van der Waals surface area contributed by atoms with Crippen LogP contribution in [-0.4, -0.2) is 9.97 Å². The topological polar surface area (TPSA) is 28.7 Å². The summed E-state index contributed by atoms with van der Waals surface area (Å²) in [5.74, 6) is 0. The Labute approximate surface area is 71.6 Å². The van der Waals surface area contributed by atoms with Crippen molar-refractivity contribution in [3.63, 3.8) is 0 Å². The Morgan fingerprint density at radius 1 is 1.50 bits per heavy atom. The summed E-state index contributed by atoms with van der Waals surface area (Å²) < 4.78 is 0. The van der Waals surface area contributed by atoms with Crippen LogP contribution < -0.4 is 0 Å². The maximum absolute atomic E-state index is 4.52. The standard InChI is InChI=1S/C10H12N2/c1-3-8-7(2)6-10-9(12-8)4-5-11-10/h4-6,11H,3H2,1-2H3. The van der Waals surface area contributed by atoms with Crippen LogP contribution in [-0.2, 0) is 6.42 Å². The molecule has 2 rings (SSSR count). The summed E-state index contributed by atoms with van der Waals surface area (Å²) in [4.78, 5) is 7.67. The maximum Gasteiger partial charge on any atom is 0.0882 e. The number of H-pyrrole nitrogens is 1. The van der Waals surface area contributed by atoms with Gasteiger partial charge in [0.2, 0.25) is 0 Å². The Morgan fingerprint density at radius 2 is 2.33 bits per heavy atom. The lowest BCUT2D eigenvalue weighted by Crippen LogP contribution is -1.91. The lowest BCUT2D eigenvalue weighted by molar-refractivity contribution is 1.03. The number of nitrogens with one attached hydrogen (secondary N) is 1. The van der Waals surface area contributed by atoms with Gasteiger partial charge in [-0.15, -0.1) is 0 Å². The fourth-order valence-corrected chi connectivity index (χ4v) is 1.48. The molecular weight excluding hydrogens is 148 g/mol. The molecule has 1 N–H and O–H groups in total. The molecule has 0 aromatic carbocycles. The minimum atomic E-state index is 1.01. The second-order valence-corrected chi connectivity index (χ2v) is 3.02. The summed E-state index contributed by atoms with van der Waals surface area (Å²) in [6.45, 7) is 4.24. The van der Waals surface area contributed by atoms with Crippen LogP contribution in [0.4, 0.5) is 0 Å². The minimum Gasteiger partial charge on any atom is -0.360 e. The molecule has 0 aliphatic rings. The zero-order chi connectivity index (χ0) is 8.55. The van der Waals surface area contributed by atoms with Crippen molar-refractivity contribution < 1.29 is 0 Å². The van der Waals surface area contributed by atoms with Gasteiger partial charge in [-0.1, -0.05) is 6.92 Å². The summed E-state index contributed by atoms with van der Waals surface area (Å²) in [7, 11) is 0. The van der Waals surface area contributed by atoms with Gasteiger partial charge < -0.3 is 4.98 Å². The van der Waals surface area contributed by atoms with Crippen molar-refractivity contribution >= 4 is 11.0 Å². The molecule has 2 nitrogen and oxygen atoms in total. The third-order valence-corrected chi connectivity index (χ3v) is 2.16. The first-order valence-corrected chi connectivity index (χ1v) is 4.25. The summed E-state index contributed by atoms with van der Waals surface area (Å²) >= 11 is 0. The second kappa shape index (κ2) is 2.63. The van der Waals surface area contributed by atoms with Crippen molar-refractivity contribution in [3.05, 3.63) is 29.6 Å².